The van der Waals surface area contributed by atoms with Crippen LogP contribution in [0.3, 0.4) is 0 Å². The molecular formula is C24H22N2O2. The molecule has 0 saturated heterocycles. The third-order valence-corrected chi connectivity index (χ3v) is 4.77. The average molecular weight is 370 g/mol. The second kappa shape index (κ2) is 8.09. The van der Waals surface area contributed by atoms with Gasteiger partial charge >= 0.3 is 5.97 Å². The SMILES string of the molecule is Cc1ccc2[nH]c(-c3ccccn3)c(CCCC(=O)Oc3ccccc3)c2c1. The van der Waals surface area contributed by atoms with Gasteiger partial charge in [-0.1, -0.05) is 35.9 Å². The average Bonchev–Trinajstić information content (AvgIpc) is 3.07. The standard InChI is InChI=1S/C24H22N2O2/c1-17-13-14-21-20(16-17)19(24(26-21)22-11-5-6-15-25-22)10-7-12-23(27)28-18-8-3-2-4-9-18/h2-6,8-9,11,13-16,26H,7,10,12H2,1H3. The fourth-order valence-electron chi connectivity index (χ4n) is 3.43. The van der Waals surface area contributed by atoms with Crippen LogP contribution in [0, 0.1) is 6.92 Å². The lowest BCUT2D eigenvalue weighted by molar-refractivity contribution is -0.134. The molecule has 28 heavy (non-hydrogen) atoms. The second-order valence-corrected chi connectivity index (χ2v) is 6.88. The summed E-state index contributed by atoms with van der Waals surface area (Å²) in [6.45, 7) is 2.09. The zero-order chi connectivity index (χ0) is 19.3. The molecule has 0 aliphatic rings. The summed E-state index contributed by atoms with van der Waals surface area (Å²) in [5, 5.41) is 1.19. The first-order valence-electron chi connectivity index (χ1n) is 9.49. The Kier molecular flexibility index (Phi) is 5.20. The number of nitrogens with zero attached hydrogens (tertiary/aromatic N) is 1. The molecule has 140 valence electrons. The van der Waals surface area contributed by atoms with E-state index < -0.39 is 0 Å². The van der Waals surface area contributed by atoms with Gasteiger partial charge in [0.1, 0.15) is 5.75 Å². The zero-order valence-corrected chi connectivity index (χ0v) is 15.8. The number of rotatable bonds is 6. The Hall–Kier alpha value is -3.40. The molecule has 0 bridgehead atoms. The molecule has 0 aliphatic carbocycles. The summed E-state index contributed by atoms with van der Waals surface area (Å²) in [5.74, 6) is 0.381. The highest BCUT2D eigenvalue weighted by Gasteiger charge is 2.15. The van der Waals surface area contributed by atoms with E-state index in [0.717, 1.165) is 23.3 Å². The molecule has 0 amide bonds. The van der Waals surface area contributed by atoms with Crippen molar-refractivity contribution < 1.29 is 9.53 Å². The van der Waals surface area contributed by atoms with Gasteiger partial charge in [0.2, 0.25) is 0 Å². The van der Waals surface area contributed by atoms with E-state index in [1.54, 1.807) is 18.3 Å². The quantitative estimate of drug-likeness (QED) is 0.362. The Labute approximate surface area is 164 Å². The fourth-order valence-corrected chi connectivity index (χ4v) is 3.43. The number of benzene rings is 2. The number of hydrogen-bond donors (Lipinski definition) is 1. The lowest BCUT2D eigenvalue weighted by Gasteiger charge is -2.06. The number of para-hydroxylation sites is 1. The van der Waals surface area contributed by atoms with Crippen molar-refractivity contribution in [3.05, 3.63) is 84.1 Å². The molecule has 2 aromatic carbocycles. The number of carbonyl (C=O) groups is 1. The first-order valence-corrected chi connectivity index (χ1v) is 9.49. The first-order chi connectivity index (χ1) is 13.7. The Morgan fingerprint density at radius 3 is 2.64 bits per heavy atom. The molecule has 2 heterocycles. The number of aromatic nitrogens is 2. The lowest BCUT2D eigenvalue weighted by atomic mass is 10.0. The van der Waals surface area contributed by atoms with Gasteiger partial charge < -0.3 is 9.72 Å². The van der Waals surface area contributed by atoms with E-state index in [1.165, 1.54) is 16.5 Å². The van der Waals surface area contributed by atoms with Crippen molar-refractivity contribution in [3.63, 3.8) is 0 Å². The predicted octanol–water partition coefficient (Wildman–Crippen LogP) is 5.47. The van der Waals surface area contributed by atoms with Crippen LogP contribution < -0.4 is 4.74 Å². The van der Waals surface area contributed by atoms with Crippen molar-refractivity contribution in [2.24, 2.45) is 0 Å². The smallest absolute Gasteiger partial charge is 0.311 e. The van der Waals surface area contributed by atoms with Crippen molar-refractivity contribution in [2.45, 2.75) is 26.2 Å². The van der Waals surface area contributed by atoms with Gasteiger partial charge in [-0.3, -0.25) is 9.78 Å². The van der Waals surface area contributed by atoms with E-state index in [9.17, 15) is 4.79 Å². The molecule has 0 saturated carbocycles. The number of H-pyrrole nitrogens is 1. The van der Waals surface area contributed by atoms with Gasteiger partial charge in [0.25, 0.3) is 0 Å². The Morgan fingerprint density at radius 1 is 1.04 bits per heavy atom. The number of ether oxygens (including phenoxy) is 1. The van der Waals surface area contributed by atoms with Gasteiger partial charge in [-0.2, -0.15) is 0 Å². The summed E-state index contributed by atoms with van der Waals surface area (Å²) < 4.78 is 5.40. The van der Waals surface area contributed by atoms with Crippen molar-refractivity contribution in [2.75, 3.05) is 0 Å². The van der Waals surface area contributed by atoms with Crippen molar-refractivity contribution in [3.8, 4) is 17.1 Å². The van der Waals surface area contributed by atoms with Crippen LogP contribution in [0.4, 0.5) is 0 Å². The molecule has 0 radical (unpaired) electrons. The van der Waals surface area contributed by atoms with E-state index >= 15 is 0 Å². The van der Waals surface area contributed by atoms with Gasteiger partial charge in [0.05, 0.1) is 11.4 Å². The van der Waals surface area contributed by atoms with Crippen LogP contribution in [-0.4, -0.2) is 15.9 Å². The molecule has 0 unspecified atom stereocenters. The third-order valence-electron chi connectivity index (χ3n) is 4.77. The summed E-state index contributed by atoms with van der Waals surface area (Å²) in [6.07, 6.45) is 3.66. The van der Waals surface area contributed by atoms with Crippen molar-refractivity contribution in [1.29, 1.82) is 0 Å². The maximum Gasteiger partial charge on any atom is 0.311 e. The Bertz CT molecular complexity index is 1090. The monoisotopic (exact) mass is 370 g/mol. The summed E-state index contributed by atoms with van der Waals surface area (Å²) in [6, 6.07) is 21.5. The molecule has 0 atom stereocenters. The predicted molar refractivity (Wildman–Crippen MR) is 111 cm³/mol. The number of hydrogen-bond acceptors (Lipinski definition) is 3. The highest BCUT2D eigenvalue weighted by molar-refractivity contribution is 5.90. The fraction of sp³-hybridized carbons (Fsp3) is 0.167. The summed E-state index contributed by atoms with van der Waals surface area (Å²) in [5.41, 5.74) is 5.44. The van der Waals surface area contributed by atoms with Crippen LogP contribution in [-0.2, 0) is 11.2 Å². The van der Waals surface area contributed by atoms with Crippen LogP contribution in [0.15, 0.2) is 72.9 Å². The molecular weight excluding hydrogens is 348 g/mol. The Morgan fingerprint density at radius 2 is 1.86 bits per heavy atom. The number of carbonyl (C=O) groups excluding carboxylic acids is 1. The van der Waals surface area contributed by atoms with Gasteiger partial charge in [-0.25, -0.2) is 0 Å². The van der Waals surface area contributed by atoms with Gasteiger partial charge in [0.15, 0.2) is 0 Å². The first kappa shape index (κ1) is 18.0. The highest BCUT2D eigenvalue weighted by atomic mass is 16.5. The molecule has 0 aliphatic heterocycles. The number of esters is 1. The number of aryl methyl sites for hydroxylation is 2. The van der Waals surface area contributed by atoms with Crippen LogP contribution in [0.1, 0.15) is 24.0 Å². The van der Waals surface area contributed by atoms with E-state index in [1.807, 2.05) is 36.4 Å². The minimum absolute atomic E-state index is 0.207. The minimum Gasteiger partial charge on any atom is -0.427 e. The number of nitrogens with one attached hydrogen (secondary N) is 1. The van der Waals surface area contributed by atoms with Gasteiger partial charge in [-0.15, -0.1) is 0 Å². The summed E-state index contributed by atoms with van der Waals surface area (Å²) in [7, 11) is 0. The van der Waals surface area contributed by atoms with E-state index in [-0.39, 0.29) is 5.97 Å². The van der Waals surface area contributed by atoms with E-state index in [2.05, 4.69) is 35.1 Å². The maximum atomic E-state index is 12.2. The number of pyridine rings is 1. The number of aromatic amines is 1. The third kappa shape index (κ3) is 3.96. The summed E-state index contributed by atoms with van der Waals surface area (Å²) in [4.78, 5) is 20.2. The molecule has 4 rings (SSSR count). The van der Waals surface area contributed by atoms with Crippen LogP contribution in [0.25, 0.3) is 22.3 Å². The van der Waals surface area contributed by atoms with E-state index in [4.69, 9.17) is 4.74 Å². The zero-order valence-electron chi connectivity index (χ0n) is 15.8. The van der Waals surface area contributed by atoms with Crippen molar-refractivity contribution in [1.82, 2.24) is 9.97 Å². The molecule has 0 fully saturated rings. The molecule has 0 spiro atoms. The topological polar surface area (TPSA) is 55.0 Å². The highest BCUT2D eigenvalue weighted by Crippen LogP contribution is 2.31. The minimum atomic E-state index is -0.207. The number of fused-ring (bicyclic) bond motifs is 1. The second-order valence-electron chi connectivity index (χ2n) is 6.88. The molecule has 4 nitrogen and oxygen atoms in total. The normalized spacial score (nSPS) is 10.9. The Balaban J connectivity index is 1.54. The van der Waals surface area contributed by atoms with Crippen LogP contribution in [0.5, 0.6) is 5.75 Å². The van der Waals surface area contributed by atoms with E-state index in [0.29, 0.717) is 18.6 Å². The molecule has 1 N–H and O–H groups in total. The largest absolute Gasteiger partial charge is 0.427 e. The molecule has 4 heteroatoms. The van der Waals surface area contributed by atoms with Crippen LogP contribution in [0.2, 0.25) is 0 Å². The van der Waals surface area contributed by atoms with Crippen molar-refractivity contribution >= 4 is 16.9 Å². The maximum absolute atomic E-state index is 12.2. The lowest BCUT2D eigenvalue weighted by Crippen LogP contribution is -2.08. The van der Waals surface area contributed by atoms with Crippen LogP contribution >= 0.6 is 0 Å². The molecule has 2 aromatic heterocycles. The van der Waals surface area contributed by atoms with Gasteiger partial charge in [0, 0.05) is 23.5 Å². The summed E-state index contributed by atoms with van der Waals surface area (Å²) >= 11 is 0. The molecule has 4 aromatic rings. The van der Waals surface area contributed by atoms with Gasteiger partial charge in [-0.05, 0) is 61.7 Å².